The number of fused-ring (bicyclic) bond motifs is 1. The number of ether oxygens (including phenoxy) is 3. The number of nitrogens with one attached hydrogen (secondary N) is 1. The van der Waals surface area contributed by atoms with Crippen molar-refractivity contribution < 1.29 is 23.8 Å². The van der Waals surface area contributed by atoms with Gasteiger partial charge in [0.15, 0.2) is 6.04 Å². The molecule has 7 heteroatoms. The van der Waals surface area contributed by atoms with Gasteiger partial charge in [-0.05, 0) is 20.8 Å². The number of esters is 1. The van der Waals surface area contributed by atoms with Crippen LogP contribution in [0.5, 0.6) is 0 Å². The first kappa shape index (κ1) is 17.0. The van der Waals surface area contributed by atoms with Crippen LogP contribution in [0.25, 0.3) is 0 Å². The van der Waals surface area contributed by atoms with E-state index >= 15 is 0 Å². The Morgan fingerprint density at radius 1 is 1.36 bits per heavy atom. The molecule has 2 aliphatic rings. The van der Waals surface area contributed by atoms with Crippen LogP contribution in [0.2, 0.25) is 0 Å². The Bertz CT molecular complexity index is 448. The van der Waals surface area contributed by atoms with Crippen LogP contribution in [-0.4, -0.2) is 68.1 Å². The topological polar surface area (TPSA) is 77.1 Å². The van der Waals surface area contributed by atoms with Crippen LogP contribution in [0, 0.1) is 5.41 Å². The summed E-state index contributed by atoms with van der Waals surface area (Å²) in [5.41, 5.74) is -0.978. The molecule has 0 aromatic carbocycles. The van der Waals surface area contributed by atoms with E-state index in [1.54, 1.807) is 20.8 Å². The molecule has 0 saturated carbocycles. The zero-order valence-electron chi connectivity index (χ0n) is 14.0. The van der Waals surface area contributed by atoms with Gasteiger partial charge in [-0.2, -0.15) is 0 Å². The second-order valence-electron chi connectivity index (χ2n) is 7.20. The summed E-state index contributed by atoms with van der Waals surface area (Å²) < 4.78 is 16.2. The Morgan fingerprint density at radius 2 is 2.05 bits per heavy atom. The number of nitrogens with zero attached hydrogens (tertiary/aromatic N) is 1. The number of methoxy groups -OCH3 is 1. The molecule has 2 heterocycles. The monoisotopic (exact) mass is 314 g/mol. The van der Waals surface area contributed by atoms with Crippen LogP contribution in [-0.2, 0) is 19.0 Å². The lowest BCUT2D eigenvalue weighted by Crippen LogP contribution is -2.48. The molecule has 7 nitrogen and oxygen atoms in total. The van der Waals surface area contributed by atoms with Gasteiger partial charge in [-0.15, -0.1) is 0 Å². The first-order valence-corrected chi connectivity index (χ1v) is 7.58. The van der Waals surface area contributed by atoms with Gasteiger partial charge in [0.1, 0.15) is 5.60 Å². The van der Waals surface area contributed by atoms with Crippen molar-refractivity contribution in [2.75, 3.05) is 33.4 Å². The highest BCUT2D eigenvalue weighted by molar-refractivity contribution is 5.83. The molecular formula is C15H26N2O5. The lowest BCUT2D eigenvalue weighted by molar-refractivity contribution is -0.150. The van der Waals surface area contributed by atoms with Gasteiger partial charge in [0.05, 0.1) is 19.8 Å². The van der Waals surface area contributed by atoms with Crippen molar-refractivity contribution in [1.29, 1.82) is 0 Å². The maximum Gasteiger partial charge on any atom is 0.411 e. The third-order valence-electron chi connectivity index (χ3n) is 4.02. The van der Waals surface area contributed by atoms with Gasteiger partial charge < -0.3 is 19.5 Å². The Kier molecular flexibility index (Phi) is 4.67. The van der Waals surface area contributed by atoms with Crippen LogP contribution >= 0.6 is 0 Å². The first-order valence-electron chi connectivity index (χ1n) is 7.58. The predicted octanol–water partition coefficient (Wildman–Crippen LogP) is 0.773. The number of rotatable bonds is 1. The van der Waals surface area contributed by atoms with E-state index in [1.807, 2.05) is 6.92 Å². The van der Waals surface area contributed by atoms with Crippen molar-refractivity contribution in [3.05, 3.63) is 0 Å². The van der Waals surface area contributed by atoms with Crippen LogP contribution in [0.1, 0.15) is 27.7 Å². The quantitative estimate of drug-likeness (QED) is 0.721. The summed E-state index contributed by atoms with van der Waals surface area (Å²) in [4.78, 5) is 26.2. The maximum absolute atomic E-state index is 12.5. The van der Waals surface area contributed by atoms with E-state index < -0.39 is 29.8 Å². The van der Waals surface area contributed by atoms with Crippen molar-refractivity contribution in [3.8, 4) is 0 Å². The number of hydrogen-bond donors (Lipinski definition) is 1. The van der Waals surface area contributed by atoms with E-state index in [1.165, 1.54) is 12.0 Å². The molecular weight excluding hydrogens is 288 g/mol. The summed E-state index contributed by atoms with van der Waals surface area (Å²) in [5.74, 6) is -0.471. The molecule has 2 aliphatic heterocycles. The van der Waals surface area contributed by atoms with E-state index in [0.29, 0.717) is 19.7 Å². The van der Waals surface area contributed by atoms with Crippen LogP contribution < -0.4 is 5.32 Å². The summed E-state index contributed by atoms with van der Waals surface area (Å²) in [7, 11) is 1.32. The summed E-state index contributed by atoms with van der Waals surface area (Å²) in [6.07, 6.45) is -0.914. The molecule has 0 bridgehead atoms. The fourth-order valence-corrected chi connectivity index (χ4v) is 3.07. The lowest BCUT2D eigenvalue weighted by Gasteiger charge is -2.29. The highest BCUT2D eigenvalue weighted by Gasteiger charge is 2.57. The Morgan fingerprint density at radius 3 is 2.64 bits per heavy atom. The minimum absolute atomic E-state index is 0.355. The normalized spacial score (nSPS) is 32.1. The molecule has 2 rings (SSSR count). The van der Waals surface area contributed by atoms with Crippen molar-refractivity contribution in [2.24, 2.45) is 5.41 Å². The standard InChI is InChI=1S/C15H26N2O5/c1-14(2,3)22-13(19)17-9-15(4)8-16-6-7-21-11(15)10(17)12(18)20-5/h10-11,16H,6-9H2,1-5H3/t10?,11?,15-/m0/s1. The van der Waals surface area contributed by atoms with E-state index in [4.69, 9.17) is 14.2 Å². The third kappa shape index (κ3) is 3.35. The first-order chi connectivity index (χ1) is 10.2. The van der Waals surface area contributed by atoms with Crippen molar-refractivity contribution in [2.45, 2.75) is 45.4 Å². The highest BCUT2D eigenvalue weighted by Crippen LogP contribution is 2.39. The van der Waals surface area contributed by atoms with E-state index in [2.05, 4.69) is 5.32 Å². The summed E-state index contributed by atoms with van der Waals surface area (Å²) in [5, 5.41) is 3.29. The van der Waals surface area contributed by atoms with Gasteiger partial charge in [0.2, 0.25) is 0 Å². The second-order valence-corrected chi connectivity index (χ2v) is 7.20. The average molecular weight is 314 g/mol. The molecule has 1 N–H and O–H groups in total. The number of carbonyl (C=O) groups is 2. The summed E-state index contributed by atoms with van der Waals surface area (Å²) >= 11 is 0. The SMILES string of the molecule is COC(=O)C1C2OCCNC[C@@]2(C)CN1C(=O)OC(C)(C)C. The smallest absolute Gasteiger partial charge is 0.411 e. The molecule has 126 valence electrons. The molecule has 2 fully saturated rings. The Hall–Kier alpha value is -1.34. The molecule has 0 aromatic rings. The van der Waals surface area contributed by atoms with Gasteiger partial charge >= 0.3 is 12.1 Å². The number of likely N-dealkylation sites (tertiary alicyclic amines) is 1. The fraction of sp³-hybridized carbons (Fsp3) is 0.867. The predicted molar refractivity (Wildman–Crippen MR) is 79.5 cm³/mol. The van der Waals surface area contributed by atoms with Gasteiger partial charge in [0.25, 0.3) is 0 Å². The van der Waals surface area contributed by atoms with Crippen LogP contribution in [0.15, 0.2) is 0 Å². The van der Waals surface area contributed by atoms with Crippen LogP contribution in [0.4, 0.5) is 4.79 Å². The van der Waals surface area contributed by atoms with Gasteiger partial charge in [-0.25, -0.2) is 9.59 Å². The minimum atomic E-state index is -0.773. The molecule has 0 radical (unpaired) electrons. The maximum atomic E-state index is 12.5. The molecule has 0 spiro atoms. The van der Waals surface area contributed by atoms with E-state index in [0.717, 1.165) is 6.54 Å². The molecule has 1 amide bonds. The second kappa shape index (κ2) is 6.04. The lowest BCUT2D eigenvalue weighted by atomic mass is 9.84. The van der Waals surface area contributed by atoms with E-state index in [-0.39, 0.29) is 5.41 Å². The number of amides is 1. The molecule has 2 unspecified atom stereocenters. The minimum Gasteiger partial charge on any atom is -0.467 e. The molecule has 0 aromatic heterocycles. The van der Waals surface area contributed by atoms with Gasteiger partial charge in [-0.1, -0.05) is 6.92 Å². The molecule has 2 saturated heterocycles. The highest BCUT2D eigenvalue weighted by atomic mass is 16.6. The zero-order chi connectivity index (χ0) is 16.5. The zero-order valence-corrected chi connectivity index (χ0v) is 14.0. The Labute approximate surface area is 131 Å². The van der Waals surface area contributed by atoms with Gasteiger partial charge in [-0.3, -0.25) is 4.90 Å². The van der Waals surface area contributed by atoms with Crippen molar-refractivity contribution >= 4 is 12.1 Å². The van der Waals surface area contributed by atoms with Crippen molar-refractivity contribution in [3.63, 3.8) is 0 Å². The third-order valence-corrected chi connectivity index (χ3v) is 4.02. The molecule has 22 heavy (non-hydrogen) atoms. The Balaban J connectivity index is 2.28. The number of carbonyl (C=O) groups excluding carboxylic acids is 2. The summed E-state index contributed by atoms with van der Waals surface area (Å²) in [6, 6.07) is -0.773. The molecule has 0 aliphatic carbocycles. The van der Waals surface area contributed by atoms with Gasteiger partial charge in [0, 0.05) is 25.0 Å². The largest absolute Gasteiger partial charge is 0.467 e. The fourth-order valence-electron chi connectivity index (χ4n) is 3.07. The van der Waals surface area contributed by atoms with Crippen molar-refractivity contribution in [1.82, 2.24) is 10.2 Å². The average Bonchev–Trinajstić information content (AvgIpc) is 2.57. The van der Waals surface area contributed by atoms with E-state index in [9.17, 15) is 9.59 Å². The van der Waals surface area contributed by atoms with Crippen LogP contribution in [0.3, 0.4) is 0 Å². The number of hydrogen-bond acceptors (Lipinski definition) is 6. The summed E-state index contributed by atoms with van der Waals surface area (Å²) in [6.45, 7) is 9.69. The molecule has 3 atom stereocenters.